The Bertz CT molecular complexity index is 694. The van der Waals surface area contributed by atoms with Crippen LogP contribution in [0.15, 0.2) is 30.3 Å². The summed E-state index contributed by atoms with van der Waals surface area (Å²) < 4.78 is 9.99. The van der Waals surface area contributed by atoms with E-state index < -0.39 is 5.97 Å². The summed E-state index contributed by atoms with van der Waals surface area (Å²) in [6.07, 6.45) is 0. The summed E-state index contributed by atoms with van der Waals surface area (Å²) in [5, 5.41) is 3.22. The van der Waals surface area contributed by atoms with E-state index in [2.05, 4.69) is 5.32 Å². The van der Waals surface area contributed by atoms with Gasteiger partial charge < -0.3 is 14.8 Å². The van der Waals surface area contributed by atoms with E-state index in [0.29, 0.717) is 10.6 Å². The van der Waals surface area contributed by atoms with E-state index in [9.17, 15) is 9.59 Å². The summed E-state index contributed by atoms with van der Waals surface area (Å²) in [5.41, 5.74) is 2.10. The summed E-state index contributed by atoms with van der Waals surface area (Å²) in [5.74, 6) is -0.748. The van der Waals surface area contributed by atoms with Crippen LogP contribution in [0.3, 0.4) is 0 Å². The van der Waals surface area contributed by atoms with Gasteiger partial charge in [-0.15, -0.1) is 11.3 Å². The largest absolute Gasteiger partial charge is 0.462 e. The van der Waals surface area contributed by atoms with Crippen LogP contribution in [0.1, 0.15) is 22.2 Å². The normalized spacial score (nSPS) is 10.4. The quantitative estimate of drug-likeness (QED) is 0.822. The molecule has 0 spiro atoms. The van der Waals surface area contributed by atoms with E-state index in [4.69, 9.17) is 9.47 Å². The van der Waals surface area contributed by atoms with E-state index in [0.717, 1.165) is 16.0 Å². The summed E-state index contributed by atoms with van der Waals surface area (Å²) in [6, 6.07) is 9.59. The SMILES string of the molecule is CCOC(=O)c1c(NC(=O)COC)sc(C)c1-c1ccccc1. The van der Waals surface area contributed by atoms with Crippen LogP contribution in [0.25, 0.3) is 11.1 Å². The smallest absolute Gasteiger partial charge is 0.341 e. The number of anilines is 1. The number of amides is 1. The first-order valence-corrected chi connectivity index (χ1v) is 8.04. The van der Waals surface area contributed by atoms with Crippen molar-refractivity contribution in [2.75, 3.05) is 25.6 Å². The van der Waals surface area contributed by atoms with Gasteiger partial charge in [0.25, 0.3) is 5.91 Å². The number of benzene rings is 1. The topological polar surface area (TPSA) is 64.6 Å². The lowest BCUT2D eigenvalue weighted by Crippen LogP contribution is -2.18. The predicted molar refractivity (Wildman–Crippen MR) is 91.0 cm³/mol. The number of carbonyl (C=O) groups excluding carboxylic acids is 2. The average Bonchev–Trinajstić information content (AvgIpc) is 2.84. The number of aryl methyl sites for hydroxylation is 1. The second-order valence-electron chi connectivity index (χ2n) is 4.81. The van der Waals surface area contributed by atoms with Crippen LogP contribution in [0.5, 0.6) is 0 Å². The fourth-order valence-electron chi connectivity index (χ4n) is 2.28. The monoisotopic (exact) mass is 333 g/mol. The molecule has 0 atom stereocenters. The molecule has 0 saturated carbocycles. The van der Waals surface area contributed by atoms with Crippen LogP contribution in [0, 0.1) is 6.92 Å². The van der Waals surface area contributed by atoms with Gasteiger partial charge in [-0.05, 0) is 19.4 Å². The van der Waals surface area contributed by atoms with Gasteiger partial charge in [-0.25, -0.2) is 4.79 Å². The minimum absolute atomic E-state index is 0.0696. The Morgan fingerprint density at radius 3 is 2.52 bits per heavy atom. The second-order valence-corrected chi connectivity index (χ2v) is 6.03. The maximum Gasteiger partial charge on any atom is 0.341 e. The Morgan fingerprint density at radius 1 is 1.22 bits per heavy atom. The van der Waals surface area contributed by atoms with Crippen LogP contribution in [-0.4, -0.2) is 32.2 Å². The van der Waals surface area contributed by atoms with Crippen molar-refractivity contribution >= 4 is 28.2 Å². The zero-order valence-corrected chi connectivity index (χ0v) is 14.2. The molecule has 0 aliphatic rings. The molecule has 1 aromatic carbocycles. The Kier molecular flexibility index (Phi) is 5.90. The zero-order chi connectivity index (χ0) is 16.8. The maximum absolute atomic E-state index is 12.4. The Balaban J connectivity index is 2.51. The number of thiophene rings is 1. The molecule has 122 valence electrons. The predicted octanol–water partition coefficient (Wildman–Crippen LogP) is 3.49. The highest BCUT2D eigenvalue weighted by molar-refractivity contribution is 7.17. The van der Waals surface area contributed by atoms with E-state index in [1.54, 1.807) is 6.92 Å². The lowest BCUT2D eigenvalue weighted by atomic mass is 10.0. The molecule has 0 aliphatic heterocycles. The number of carbonyl (C=O) groups is 2. The second kappa shape index (κ2) is 7.89. The third-order valence-electron chi connectivity index (χ3n) is 3.15. The first-order valence-electron chi connectivity index (χ1n) is 7.23. The molecule has 0 unspecified atom stereocenters. The fourth-order valence-corrected chi connectivity index (χ4v) is 3.36. The minimum Gasteiger partial charge on any atom is -0.462 e. The van der Waals surface area contributed by atoms with Crippen molar-refractivity contribution in [3.63, 3.8) is 0 Å². The minimum atomic E-state index is -0.441. The van der Waals surface area contributed by atoms with E-state index in [-0.39, 0.29) is 19.1 Å². The van der Waals surface area contributed by atoms with Crippen molar-refractivity contribution in [2.24, 2.45) is 0 Å². The number of nitrogens with one attached hydrogen (secondary N) is 1. The number of ether oxygens (including phenoxy) is 2. The van der Waals surface area contributed by atoms with Crippen molar-refractivity contribution in [3.05, 3.63) is 40.8 Å². The van der Waals surface area contributed by atoms with Crippen molar-refractivity contribution in [1.29, 1.82) is 0 Å². The van der Waals surface area contributed by atoms with Crippen LogP contribution < -0.4 is 5.32 Å². The van der Waals surface area contributed by atoms with E-state index in [1.807, 2.05) is 37.3 Å². The van der Waals surface area contributed by atoms with Gasteiger partial charge in [0.2, 0.25) is 0 Å². The highest BCUT2D eigenvalue weighted by Gasteiger charge is 2.25. The first kappa shape index (κ1) is 17.2. The van der Waals surface area contributed by atoms with Crippen molar-refractivity contribution in [1.82, 2.24) is 0 Å². The molecule has 1 heterocycles. The molecule has 5 nitrogen and oxygen atoms in total. The lowest BCUT2D eigenvalue weighted by molar-refractivity contribution is -0.119. The van der Waals surface area contributed by atoms with Crippen molar-refractivity contribution in [3.8, 4) is 11.1 Å². The molecule has 6 heteroatoms. The van der Waals surface area contributed by atoms with Gasteiger partial charge in [-0.2, -0.15) is 0 Å². The van der Waals surface area contributed by atoms with E-state index >= 15 is 0 Å². The zero-order valence-electron chi connectivity index (χ0n) is 13.3. The third-order valence-corrected chi connectivity index (χ3v) is 4.18. The summed E-state index contributed by atoms with van der Waals surface area (Å²) in [7, 11) is 1.45. The van der Waals surface area contributed by atoms with Crippen molar-refractivity contribution in [2.45, 2.75) is 13.8 Å². The highest BCUT2D eigenvalue weighted by Crippen LogP contribution is 2.40. The molecular weight excluding hydrogens is 314 g/mol. The van der Waals surface area contributed by atoms with Crippen LogP contribution in [0.4, 0.5) is 5.00 Å². The van der Waals surface area contributed by atoms with Gasteiger partial charge in [0, 0.05) is 17.6 Å². The Hall–Kier alpha value is -2.18. The van der Waals surface area contributed by atoms with Gasteiger partial charge in [0.1, 0.15) is 17.2 Å². The van der Waals surface area contributed by atoms with Gasteiger partial charge in [-0.1, -0.05) is 30.3 Å². The molecule has 1 amide bonds. The summed E-state index contributed by atoms with van der Waals surface area (Å²) >= 11 is 1.36. The maximum atomic E-state index is 12.4. The molecule has 1 aromatic heterocycles. The lowest BCUT2D eigenvalue weighted by Gasteiger charge is -2.09. The number of hydrogen-bond acceptors (Lipinski definition) is 5. The van der Waals surface area contributed by atoms with Crippen LogP contribution >= 0.6 is 11.3 Å². The van der Waals surface area contributed by atoms with Gasteiger partial charge in [0.05, 0.1) is 6.61 Å². The fraction of sp³-hybridized carbons (Fsp3) is 0.294. The molecule has 0 bridgehead atoms. The molecule has 2 aromatic rings. The summed E-state index contributed by atoms with van der Waals surface area (Å²) in [4.78, 5) is 25.2. The highest BCUT2D eigenvalue weighted by atomic mass is 32.1. The molecular formula is C17H19NO4S. The number of rotatable bonds is 6. The van der Waals surface area contributed by atoms with Crippen LogP contribution in [-0.2, 0) is 14.3 Å². The first-order chi connectivity index (χ1) is 11.1. The van der Waals surface area contributed by atoms with Crippen molar-refractivity contribution < 1.29 is 19.1 Å². The standard InChI is InChI=1S/C17H19NO4S/c1-4-22-17(20)15-14(12-8-6-5-7-9-12)11(2)23-16(15)18-13(19)10-21-3/h5-9H,4,10H2,1-3H3,(H,18,19). The molecule has 0 fully saturated rings. The number of esters is 1. The van der Waals surface area contributed by atoms with Gasteiger partial charge in [0.15, 0.2) is 0 Å². The van der Waals surface area contributed by atoms with Crippen LogP contribution in [0.2, 0.25) is 0 Å². The van der Waals surface area contributed by atoms with Gasteiger partial charge in [-0.3, -0.25) is 4.79 Å². The molecule has 0 aliphatic carbocycles. The van der Waals surface area contributed by atoms with E-state index in [1.165, 1.54) is 18.4 Å². The Morgan fingerprint density at radius 2 is 1.91 bits per heavy atom. The average molecular weight is 333 g/mol. The number of hydrogen-bond donors (Lipinski definition) is 1. The molecule has 1 N–H and O–H groups in total. The molecule has 0 saturated heterocycles. The molecule has 2 rings (SSSR count). The third kappa shape index (κ3) is 3.97. The summed E-state index contributed by atoms with van der Waals surface area (Å²) in [6.45, 7) is 3.87. The van der Waals surface area contributed by atoms with Gasteiger partial charge >= 0.3 is 5.97 Å². The molecule has 23 heavy (non-hydrogen) atoms. The molecule has 0 radical (unpaired) electrons. The Labute approximate surface area is 139 Å². The number of methoxy groups -OCH3 is 1.